The Kier molecular flexibility index (Phi) is 17.7. The van der Waals surface area contributed by atoms with Gasteiger partial charge in [0.15, 0.2) is 17.7 Å². The quantitative estimate of drug-likeness (QED) is 0.0212. The van der Waals surface area contributed by atoms with Gasteiger partial charge < -0.3 is 30.5 Å². The largest absolute Gasteiger partial charge is 0.458 e. The van der Waals surface area contributed by atoms with E-state index in [4.69, 9.17) is 31.1 Å². The minimum atomic E-state index is -4.16. The summed E-state index contributed by atoms with van der Waals surface area (Å²) in [6.07, 6.45) is 24.2. The Morgan fingerprint density at radius 3 is 2.33 bits per heavy atom. The van der Waals surface area contributed by atoms with Crippen molar-refractivity contribution in [2.45, 2.75) is 82.8 Å². The lowest BCUT2D eigenvalue weighted by molar-refractivity contribution is -0.121. The molecule has 1 aliphatic heterocycles. The van der Waals surface area contributed by atoms with Crippen LogP contribution < -0.4 is 20.7 Å². The number of aliphatic hydroxyl groups is 2. The summed E-state index contributed by atoms with van der Waals surface area (Å²) in [6, 6.07) is 12.8. The maximum absolute atomic E-state index is 14.3. The lowest BCUT2D eigenvalue weighted by atomic mass is 10.1. The number of hydrogen-bond donors (Lipinski definition) is 5. The van der Waals surface area contributed by atoms with Gasteiger partial charge in [0.1, 0.15) is 29.6 Å². The lowest BCUT2D eigenvalue weighted by Gasteiger charge is -2.23. The van der Waals surface area contributed by atoms with Gasteiger partial charge in [0, 0.05) is 24.9 Å². The minimum Gasteiger partial charge on any atom is -0.413 e. The van der Waals surface area contributed by atoms with Crippen molar-refractivity contribution in [1.82, 2.24) is 29.9 Å². The molecule has 2 aromatic carbocycles. The SMILES string of the molecule is CC/C=C/C/C=C\C/C=C\C/C=C\C/C=C\CCCC(=O)NCCNP(=O)(OC[C@H]1O[C@@H](n2cnc3c(N)nc(Cl)nc32)[C@H](O)[C@@H]1O)Oc1cccc2ccccc12. The number of hydrogen-bond acceptors (Lipinski definition) is 11. The monoisotopic (exact) mass is 833 g/mol. The number of benzene rings is 2. The summed E-state index contributed by atoms with van der Waals surface area (Å²) in [5.41, 5.74) is 6.36. The Bertz CT molecular complexity index is 2130. The highest BCUT2D eigenvalue weighted by atomic mass is 35.5. The van der Waals surface area contributed by atoms with E-state index >= 15 is 0 Å². The Balaban J connectivity index is 1.07. The van der Waals surface area contributed by atoms with Gasteiger partial charge in [-0.3, -0.25) is 13.9 Å². The number of imidazole rings is 1. The van der Waals surface area contributed by atoms with Crippen LogP contribution in [-0.4, -0.2) is 73.6 Å². The number of nitrogens with zero attached hydrogens (tertiary/aromatic N) is 4. The zero-order chi connectivity index (χ0) is 41.2. The Hall–Kier alpha value is -4.66. The van der Waals surface area contributed by atoms with Crippen LogP contribution in [-0.2, 0) is 18.6 Å². The molecule has 5 rings (SSSR count). The van der Waals surface area contributed by atoms with Crippen molar-refractivity contribution in [3.63, 3.8) is 0 Å². The molecule has 0 radical (unpaired) electrons. The van der Waals surface area contributed by atoms with Gasteiger partial charge in [-0.25, -0.2) is 14.6 Å². The number of carbonyl (C=O) groups is 1. The molecule has 5 atom stereocenters. The third-order valence-electron chi connectivity index (χ3n) is 9.09. The van der Waals surface area contributed by atoms with Gasteiger partial charge in [0.2, 0.25) is 11.2 Å². The standard InChI is InChI=1S/C42H53ClN7O7P/c1-2-3-4-5-6-7-8-9-10-11-12-13-14-15-16-17-18-26-35(51)45-27-28-47-58(54,57-33-25-21-23-31-22-19-20-24-32(31)33)55-29-34-37(52)38(53)41(56-34)50-30-46-36-39(44)48-42(43)49-40(36)50/h3-4,6-7,9-10,12-13,15-16,19-25,30,34,37-38,41,52-53H,2,5,8,11,14,17-18,26-29H2,1H3,(H,45,51)(H,47,54)(H2,44,48,49)/b4-3+,7-6-,10-9-,13-12-,16-15-/t34-,37-,38-,41-,58?/m1/s1. The van der Waals surface area contributed by atoms with Gasteiger partial charge in [-0.1, -0.05) is 104 Å². The van der Waals surface area contributed by atoms with E-state index < -0.39 is 38.9 Å². The van der Waals surface area contributed by atoms with Crippen LogP contribution in [0.1, 0.15) is 64.5 Å². The second-order valence-electron chi connectivity index (χ2n) is 13.5. The van der Waals surface area contributed by atoms with E-state index in [1.54, 1.807) is 12.1 Å². The number of anilines is 1. The van der Waals surface area contributed by atoms with Gasteiger partial charge in [-0.15, -0.1) is 0 Å². The summed E-state index contributed by atoms with van der Waals surface area (Å²) < 4.78 is 33.5. The van der Waals surface area contributed by atoms with Crippen LogP contribution in [0, 0.1) is 0 Å². The van der Waals surface area contributed by atoms with Crippen LogP contribution in [0.15, 0.2) is 110 Å². The molecule has 6 N–H and O–H groups in total. The number of allylic oxidation sites excluding steroid dienone is 10. The highest BCUT2D eigenvalue weighted by Gasteiger charge is 2.45. The summed E-state index contributed by atoms with van der Waals surface area (Å²) in [7, 11) is -4.16. The molecule has 16 heteroatoms. The molecule has 1 saturated heterocycles. The average Bonchev–Trinajstić information content (AvgIpc) is 3.76. The molecule has 58 heavy (non-hydrogen) atoms. The summed E-state index contributed by atoms with van der Waals surface area (Å²) in [5.74, 6) is 0.206. The maximum Gasteiger partial charge on any atom is 0.458 e. The van der Waals surface area contributed by atoms with Crippen LogP contribution in [0.5, 0.6) is 5.75 Å². The van der Waals surface area contributed by atoms with Crippen molar-refractivity contribution < 1.29 is 33.4 Å². The Labute approximate surface area is 344 Å². The second-order valence-corrected chi connectivity index (χ2v) is 15.6. The first kappa shape index (κ1) is 44.4. The van der Waals surface area contributed by atoms with Gasteiger partial charge in [-0.2, -0.15) is 9.97 Å². The number of fused-ring (bicyclic) bond motifs is 2. The van der Waals surface area contributed by atoms with E-state index in [1.165, 1.54) is 10.9 Å². The van der Waals surface area contributed by atoms with E-state index in [-0.39, 0.29) is 41.3 Å². The fourth-order valence-electron chi connectivity index (χ4n) is 6.11. The molecule has 0 aliphatic carbocycles. The molecule has 1 amide bonds. The van der Waals surface area contributed by atoms with Crippen LogP contribution >= 0.6 is 19.3 Å². The molecule has 0 bridgehead atoms. The van der Waals surface area contributed by atoms with Crippen molar-refractivity contribution in [2.24, 2.45) is 0 Å². The predicted molar refractivity (Wildman–Crippen MR) is 228 cm³/mol. The minimum absolute atomic E-state index is 0.0387. The van der Waals surface area contributed by atoms with E-state index in [0.717, 1.165) is 43.9 Å². The smallest absolute Gasteiger partial charge is 0.413 e. The summed E-state index contributed by atoms with van der Waals surface area (Å²) in [5, 5.41) is 29.0. The van der Waals surface area contributed by atoms with Crippen LogP contribution in [0.4, 0.5) is 5.82 Å². The molecule has 310 valence electrons. The van der Waals surface area contributed by atoms with Crippen molar-refractivity contribution >= 4 is 53.0 Å². The fraction of sp³-hybridized carbons (Fsp3) is 0.381. The maximum atomic E-state index is 14.3. The van der Waals surface area contributed by atoms with Gasteiger partial charge >= 0.3 is 7.75 Å². The zero-order valence-electron chi connectivity index (χ0n) is 32.6. The Morgan fingerprint density at radius 2 is 1.60 bits per heavy atom. The fourth-order valence-corrected chi connectivity index (χ4v) is 7.63. The topological polar surface area (TPSA) is 196 Å². The molecular weight excluding hydrogens is 781 g/mol. The Morgan fingerprint density at radius 1 is 0.931 bits per heavy atom. The van der Waals surface area contributed by atoms with Crippen LogP contribution in [0.3, 0.4) is 0 Å². The lowest BCUT2D eigenvalue weighted by Crippen LogP contribution is -2.35. The number of unbranched alkanes of at least 4 members (excludes halogenated alkanes) is 1. The molecule has 2 aromatic heterocycles. The van der Waals surface area contributed by atoms with Crippen molar-refractivity contribution in [1.29, 1.82) is 0 Å². The number of nitrogen functional groups attached to an aromatic ring is 1. The number of nitrogens with two attached hydrogens (primary N) is 1. The summed E-state index contributed by atoms with van der Waals surface area (Å²) in [6.45, 7) is 1.90. The molecule has 4 aromatic rings. The molecule has 0 spiro atoms. The molecule has 0 saturated carbocycles. The molecular formula is C42H53ClN7O7P. The summed E-state index contributed by atoms with van der Waals surface area (Å²) >= 11 is 6.00. The number of rotatable bonds is 23. The van der Waals surface area contributed by atoms with Gasteiger partial charge in [0.05, 0.1) is 12.9 Å². The number of nitrogens with one attached hydrogen (secondary N) is 2. The number of aromatic nitrogens is 4. The third-order valence-corrected chi connectivity index (χ3v) is 10.8. The normalized spacial score (nSPS) is 19.9. The number of halogens is 1. The highest BCUT2D eigenvalue weighted by Crippen LogP contribution is 2.47. The first-order chi connectivity index (χ1) is 28.2. The van der Waals surface area contributed by atoms with Crippen molar-refractivity contribution in [3.8, 4) is 5.75 Å². The second kappa shape index (κ2) is 23.1. The van der Waals surface area contributed by atoms with Crippen LogP contribution in [0.25, 0.3) is 21.9 Å². The molecule has 3 heterocycles. The average molecular weight is 834 g/mol. The van der Waals surface area contributed by atoms with E-state index in [1.807, 2.05) is 30.3 Å². The number of ether oxygens (including phenoxy) is 1. The number of amides is 1. The molecule has 1 unspecified atom stereocenters. The van der Waals surface area contributed by atoms with Crippen molar-refractivity contribution in [2.75, 3.05) is 25.4 Å². The molecule has 1 fully saturated rings. The summed E-state index contributed by atoms with van der Waals surface area (Å²) in [4.78, 5) is 24.8. The molecule has 1 aliphatic rings. The third kappa shape index (κ3) is 13.2. The van der Waals surface area contributed by atoms with Gasteiger partial charge in [-0.05, 0) is 68.0 Å². The number of carbonyl (C=O) groups excluding carboxylic acids is 1. The highest BCUT2D eigenvalue weighted by molar-refractivity contribution is 7.52. The van der Waals surface area contributed by atoms with Gasteiger partial charge in [0.25, 0.3) is 0 Å². The predicted octanol–water partition coefficient (Wildman–Crippen LogP) is 7.67. The van der Waals surface area contributed by atoms with E-state index in [0.29, 0.717) is 24.0 Å². The first-order valence-corrected chi connectivity index (χ1v) is 21.5. The number of aliphatic hydroxyl groups excluding tert-OH is 2. The van der Waals surface area contributed by atoms with Crippen LogP contribution in [0.2, 0.25) is 5.28 Å². The van der Waals surface area contributed by atoms with E-state index in [2.05, 4.69) is 93.0 Å². The molecule has 14 nitrogen and oxygen atoms in total. The van der Waals surface area contributed by atoms with Crippen molar-refractivity contribution in [3.05, 3.63) is 115 Å². The van der Waals surface area contributed by atoms with E-state index in [9.17, 15) is 19.6 Å². The first-order valence-electron chi connectivity index (χ1n) is 19.5. The zero-order valence-corrected chi connectivity index (χ0v) is 34.3.